The first-order valence-electron chi connectivity index (χ1n) is 12.3. The van der Waals surface area contributed by atoms with Crippen LogP contribution >= 0.6 is 0 Å². The van der Waals surface area contributed by atoms with Gasteiger partial charge in [0.25, 0.3) is 0 Å². The monoisotopic (exact) mass is 457 g/mol. The standard InChI is InChI=1S/C26H31N7O/c1-17-9-28-10-20-12-33(30-25(17)20)21-13-31(14-21)15-22-16-32(11-18(2)34-22)24-6-5-19(8-27)26-23(24)4-3-7-29-26/h3-7,12,17-18,21-22,28H,9-11,13-16H2,1-2H3/t17-,18?,22?/m0/s1. The van der Waals surface area contributed by atoms with Crippen LogP contribution in [0.5, 0.6) is 0 Å². The molecule has 0 bridgehead atoms. The van der Waals surface area contributed by atoms with Gasteiger partial charge in [0.2, 0.25) is 0 Å². The lowest BCUT2D eigenvalue weighted by atomic mass is 10.0. The topological polar surface area (TPSA) is 82.2 Å². The molecule has 3 aromatic rings. The lowest BCUT2D eigenvalue weighted by molar-refractivity contribution is -0.0489. The predicted molar refractivity (Wildman–Crippen MR) is 131 cm³/mol. The number of fused-ring (bicyclic) bond motifs is 2. The Kier molecular flexibility index (Phi) is 5.48. The maximum atomic E-state index is 9.48. The maximum Gasteiger partial charge on any atom is 0.101 e. The van der Waals surface area contributed by atoms with Gasteiger partial charge in [-0.15, -0.1) is 0 Å². The minimum absolute atomic E-state index is 0.141. The van der Waals surface area contributed by atoms with Crippen LogP contribution in [0.15, 0.2) is 36.7 Å². The van der Waals surface area contributed by atoms with Gasteiger partial charge in [-0.2, -0.15) is 10.4 Å². The number of nitrogens with zero attached hydrogens (tertiary/aromatic N) is 6. The van der Waals surface area contributed by atoms with E-state index in [4.69, 9.17) is 9.84 Å². The number of likely N-dealkylation sites (tertiary alicyclic amines) is 1. The highest BCUT2D eigenvalue weighted by atomic mass is 16.5. The van der Waals surface area contributed by atoms with E-state index >= 15 is 0 Å². The second kappa shape index (κ2) is 8.66. The van der Waals surface area contributed by atoms with E-state index in [2.05, 4.69) is 63.0 Å². The largest absolute Gasteiger partial charge is 0.370 e. The zero-order chi connectivity index (χ0) is 23.2. The van der Waals surface area contributed by atoms with Gasteiger partial charge in [-0.3, -0.25) is 14.6 Å². The number of nitriles is 1. The molecule has 0 aliphatic carbocycles. The molecule has 0 spiro atoms. The number of ether oxygens (including phenoxy) is 1. The Morgan fingerprint density at radius 1 is 1.18 bits per heavy atom. The highest BCUT2D eigenvalue weighted by molar-refractivity contribution is 5.95. The van der Waals surface area contributed by atoms with Gasteiger partial charge in [-0.25, -0.2) is 0 Å². The van der Waals surface area contributed by atoms with Gasteiger partial charge in [0, 0.05) is 80.8 Å². The van der Waals surface area contributed by atoms with Crippen molar-refractivity contribution in [2.24, 2.45) is 0 Å². The molecule has 2 saturated heterocycles. The molecule has 3 aliphatic heterocycles. The molecule has 5 heterocycles. The average Bonchev–Trinajstić information content (AvgIpc) is 3.25. The zero-order valence-electron chi connectivity index (χ0n) is 19.8. The number of aromatic nitrogens is 3. The molecule has 2 unspecified atom stereocenters. The molecule has 2 aromatic heterocycles. The first-order valence-corrected chi connectivity index (χ1v) is 12.3. The van der Waals surface area contributed by atoms with Crippen LogP contribution in [0.3, 0.4) is 0 Å². The van der Waals surface area contributed by atoms with Gasteiger partial charge in [0.05, 0.1) is 35.0 Å². The minimum Gasteiger partial charge on any atom is -0.370 e. The molecule has 2 fully saturated rings. The van der Waals surface area contributed by atoms with Crippen molar-refractivity contribution in [2.75, 3.05) is 44.2 Å². The Balaban J connectivity index is 1.13. The van der Waals surface area contributed by atoms with Crippen molar-refractivity contribution in [1.82, 2.24) is 25.0 Å². The second-order valence-electron chi connectivity index (χ2n) is 10.0. The van der Waals surface area contributed by atoms with Gasteiger partial charge < -0.3 is 15.0 Å². The number of hydrogen-bond donors (Lipinski definition) is 1. The van der Waals surface area contributed by atoms with Crippen molar-refractivity contribution in [1.29, 1.82) is 5.26 Å². The highest BCUT2D eigenvalue weighted by Gasteiger charge is 2.35. The number of benzene rings is 1. The second-order valence-corrected chi connectivity index (χ2v) is 10.0. The van der Waals surface area contributed by atoms with Crippen LogP contribution in [0, 0.1) is 11.3 Å². The Hall–Kier alpha value is -2.99. The summed E-state index contributed by atoms with van der Waals surface area (Å²) in [6.45, 7) is 10.9. The lowest BCUT2D eigenvalue weighted by Gasteiger charge is -2.44. The van der Waals surface area contributed by atoms with Crippen molar-refractivity contribution in [3.63, 3.8) is 0 Å². The van der Waals surface area contributed by atoms with Crippen molar-refractivity contribution in [2.45, 2.75) is 44.6 Å². The third-order valence-corrected chi connectivity index (χ3v) is 7.38. The fraction of sp³-hybridized carbons (Fsp3) is 0.500. The Morgan fingerprint density at radius 2 is 2.06 bits per heavy atom. The summed E-state index contributed by atoms with van der Waals surface area (Å²) in [7, 11) is 0. The lowest BCUT2D eigenvalue weighted by Crippen LogP contribution is -2.56. The van der Waals surface area contributed by atoms with Gasteiger partial charge in [-0.1, -0.05) is 6.92 Å². The third-order valence-electron chi connectivity index (χ3n) is 7.38. The first-order chi connectivity index (χ1) is 16.6. The van der Waals surface area contributed by atoms with E-state index in [1.54, 1.807) is 6.20 Å². The number of anilines is 1. The van der Waals surface area contributed by atoms with Crippen molar-refractivity contribution in [3.8, 4) is 6.07 Å². The SMILES string of the molecule is CC1CN(c2ccc(C#N)c3ncccc23)CC(CN2CC(n3cc4c(n3)[C@@H](C)CNC4)C2)O1. The van der Waals surface area contributed by atoms with Crippen molar-refractivity contribution < 1.29 is 4.74 Å². The Bertz CT molecular complexity index is 1240. The average molecular weight is 458 g/mol. The smallest absolute Gasteiger partial charge is 0.101 e. The summed E-state index contributed by atoms with van der Waals surface area (Å²) >= 11 is 0. The number of rotatable bonds is 4. The van der Waals surface area contributed by atoms with Crippen LogP contribution in [0.25, 0.3) is 10.9 Å². The van der Waals surface area contributed by atoms with Crippen LogP contribution in [0.1, 0.15) is 42.6 Å². The molecule has 8 nitrogen and oxygen atoms in total. The summed E-state index contributed by atoms with van der Waals surface area (Å²) in [6, 6.07) is 10.7. The van der Waals surface area contributed by atoms with E-state index in [9.17, 15) is 5.26 Å². The minimum atomic E-state index is 0.141. The molecule has 8 heteroatoms. The highest BCUT2D eigenvalue weighted by Crippen LogP contribution is 2.31. The summed E-state index contributed by atoms with van der Waals surface area (Å²) in [5.74, 6) is 0.484. The van der Waals surface area contributed by atoms with E-state index in [0.717, 1.165) is 62.4 Å². The first kappa shape index (κ1) is 21.5. The molecule has 0 amide bonds. The van der Waals surface area contributed by atoms with Crippen molar-refractivity contribution in [3.05, 3.63) is 53.5 Å². The van der Waals surface area contributed by atoms with Gasteiger partial charge >= 0.3 is 0 Å². The van der Waals surface area contributed by atoms with Crippen LogP contribution in [-0.4, -0.2) is 71.1 Å². The molecule has 1 N–H and O–H groups in total. The normalized spacial score (nSPS) is 25.7. The maximum absolute atomic E-state index is 9.48. The number of morpholine rings is 1. The van der Waals surface area contributed by atoms with Crippen molar-refractivity contribution >= 4 is 16.6 Å². The van der Waals surface area contributed by atoms with E-state index < -0.39 is 0 Å². The summed E-state index contributed by atoms with van der Waals surface area (Å²) in [4.78, 5) is 9.36. The van der Waals surface area contributed by atoms with E-state index in [1.807, 2.05) is 12.1 Å². The Morgan fingerprint density at radius 3 is 2.88 bits per heavy atom. The summed E-state index contributed by atoms with van der Waals surface area (Å²) in [6.07, 6.45) is 4.28. The Labute approximate surface area is 200 Å². The quantitative estimate of drug-likeness (QED) is 0.645. The molecule has 3 atom stereocenters. The van der Waals surface area contributed by atoms with E-state index in [1.165, 1.54) is 11.3 Å². The van der Waals surface area contributed by atoms with Crippen LogP contribution in [-0.2, 0) is 11.3 Å². The zero-order valence-corrected chi connectivity index (χ0v) is 19.8. The van der Waals surface area contributed by atoms with Crippen LogP contribution in [0.4, 0.5) is 5.69 Å². The molecule has 1 aromatic carbocycles. The number of pyridine rings is 1. The summed E-state index contributed by atoms with van der Waals surface area (Å²) in [5, 5.41) is 18.9. The number of hydrogen-bond acceptors (Lipinski definition) is 7. The molecule has 34 heavy (non-hydrogen) atoms. The molecule has 0 saturated carbocycles. The molecule has 0 radical (unpaired) electrons. The van der Waals surface area contributed by atoms with Crippen LogP contribution < -0.4 is 10.2 Å². The summed E-state index contributed by atoms with van der Waals surface area (Å²) in [5.41, 5.74) is 5.14. The summed E-state index contributed by atoms with van der Waals surface area (Å²) < 4.78 is 8.53. The third kappa shape index (κ3) is 3.84. The molecular weight excluding hydrogens is 426 g/mol. The molecule has 3 aliphatic rings. The van der Waals surface area contributed by atoms with Gasteiger partial charge in [-0.05, 0) is 31.2 Å². The fourth-order valence-corrected chi connectivity index (χ4v) is 5.71. The van der Waals surface area contributed by atoms with E-state index in [0.29, 0.717) is 17.5 Å². The predicted octanol–water partition coefficient (Wildman–Crippen LogP) is 2.66. The number of nitrogens with one attached hydrogen (secondary N) is 1. The molecule has 6 rings (SSSR count). The van der Waals surface area contributed by atoms with Crippen LogP contribution in [0.2, 0.25) is 0 Å². The fourth-order valence-electron chi connectivity index (χ4n) is 5.71. The van der Waals surface area contributed by atoms with E-state index in [-0.39, 0.29) is 12.2 Å². The van der Waals surface area contributed by atoms with Gasteiger partial charge in [0.15, 0.2) is 0 Å². The molecular formula is C26H31N7O. The molecule has 176 valence electrons. The van der Waals surface area contributed by atoms with Gasteiger partial charge in [0.1, 0.15) is 6.07 Å².